The second-order valence-electron chi connectivity index (χ2n) is 7.50. The maximum Gasteiger partial charge on any atom is 0.332 e. The van der Waals surface area contributed by atoms with Crippen LogP contribution < -0.4 is 4.90 Å². The van der Waals surface area contributed by atoms with Crippen molar-refractivity contribution in [2.75, 3.05) is 32.2 Å². The second kappa shape index (κ2) is 8.93. The standard InChI is InChI=1S/C23H27FN2O4/c1-16-5-6-19(18-7-9-20(24)10-8-18)15-21(16)26(17(2)27)23(22(28)29-3)11-13-25(30-4)14-12-23/h5-10,15H,11-14H2,1-4H3. The first kappa shape index (κ1) is 21.9. The van der Waals surface area contributed by atoms with Crippen LogP contribution in [-0.4, -0.2) is 49.8 Å². The maximum atomic E-state index is 13.3. The molecule has 1 aliphatic heterocycles. The highest BCUT2D eigenvalue weighted by molar-refractivity contribution is 6.02. The Morgan fingerprint density at radius 3 is 2.17 bits per heavy atom. The molecule has 2 aromatic carbocycles. The number of carbonyl (C=O) groups excluding carboxylic acids is 2. The minimum Gasteiger partial charge on any atom is -0.467 e. The van der Waals surface area contributed by atoms with Gasteiger partial charge in [-0.1, -0.05) is 24.3 Å². The lowest BCUT2D eigenvalue weighted by Gasteiger charge is -2.46. The first-order valence-corrected chi connectivity index (χ1v) is 9.87. The van der Waals surface area contributed by atoms with Crippen LogP contribution in [0.5, 0.6) is 0 Å². The van der Waals surface area contributed by atoms with Crippen molar-refractivity contribution in [1.29, 1.82) is 0 Å². The normalized spacial score (nSPS) is 16.2. The summed E-state index contributed by atoms with van der Waals surface area (Å²) in [7, 11) is 2.93. The van der Waals surface area contributed by atoms with E-state index < -0.39 is 11.5 Å². The van der Waals surface area contributed by atoms with Crippen LogP contribution in [0, 0.1) is 12.7 Å². The van der Waals surface area contributed by atoms with Crippen molar-refractivity contribution in [2.45, 2.75) is 32.2 Å². The second-order valence-corrected chi connectivity index (χ2v) is 7.50. The molecule has 1 heterocycles. The number of amides is 1. The van der Waals surface area contributed by atoms with E-state index in [9.17, 15) is 14.0 Å². The number of benzene rings is 2. The third-order valence-electron chi connectivity index (χ3n) is 5.74. The van der Waals surface area contributed by atoms with Crippen molar-refractivity contribution in [3.63, 3.8) is 0 Å². The molecular weight excluding hydrogens is 387 g/mol. The number of aryl methyl sites for hydroxylation is 1. The lowest BCUT2D eigenvalue weighted by Crippen LogP contribution is -2.62. The fourth-order valence-corrected chi connectivity index (χ4v) is 4.12. The first-order chi connectivity index (χ1) is 14.3. The van der Waals surface area contributed by atoms with E-state index in [1.807, 2.05) is 25.1 Å². The highest BCUT2D eigenvalue weighted by atomic mass is 19.1. The molecule has 0 unspecified atom stereocenters. The van der Waals surface area contributed by atoms with Crippen molar-refractivity contribution >= 4 is 17.6 Å². The molecule has 2 aromatic rings. The number of nitrogens with zero attached hydrogens (tertiary/aromatic N) is 2. The summed E-state index contributed by atoms with van der Waals surface area (Å²) >= 11 is 0. The van der Waals surface area contributed by atoms with Gasteiger partial charge in [-0.2, -0.15) is 5.06 Å². The van der Waals surface area contributed by atoms with Crippen LogP contribution in [0.15, 0.2) is 42.5 Å². The summed E-state index contributed by atoms with van der Waals surface area (Å²) in [4.78, 5) is 32.7. The summed E-state index contributed by atoms with van der Waals surface area (Å²) in [5.74, 6) is -1.00. The monoisotopic (exact) mass is 414 g/mol. The molecule has 0 bridgehead atoms. The van der Waals surface area contributed by atoms with Crippen LogP contribution in [0.25, 0.3) is 11.1 Å². The summed E-state index contributed by atoms with van der Waals surface area (Å²) in [6.07, 6.45) is 0.765. The van der Waals surface area contributed by atoms with Crippen LogP contribution >= 0.6 is 0 Å². The number of rotatable bonds is 5. The van der Waals surface area contributed by atoms with E-state index >= 15 is 0 Å². The zero-order chi connectivity index (χ0) is 21.9. The first-order valence-electron chi connectivity index (χ1n) is 9.87. The molecule has 160 valence electrons. The predicted octanol–water partition coefficient (Wildman–Crippen LogP) is 3.72. The molecule has 1 fully saturated rings. The van der Waals surface area contributed by atoms with Gasteiger partial charge in [-0.05, 0) is 54.7 Å². The van der Waals surface area contributed by atoms with Crippen LogP contribution in [0.1, 0.15) is 25.3 Å². The molecule has 0 aliphatic carbocycles. The van der Waals surface area contributed by atoms with E-state index in [-0.39, 0.29) is 11.7 Å². The van der Waals surface area contributed by atoms with Gasteiger partial charge in [-0.15, -0.1) is 0 Å². The van der Waals surface area contributed by atoms with Gasteiger partial charge in [0.2, 0.25) is 5.91 Å². The number of ether oxygens (including phenoxy) is 1. The van der Waals surface area contributed by atoms with Gasteiger partial charge in [0, 0.05) is 25.7 Å². The topological polar surface area (TPSA) is 59.1 Å². The largest absolute Gasteiger partial charge is 0.467 e. The molecule has 0 radical (unpaired) electrons. The quantitative estimate of drug-likeness (QED) is 0.698. The number of halogens is 1. The summed E-state index contributed by atoms with van der Waals surface area (Å²) in [5.41, 5.74) is 2.02. The third-order valence-corrected chi connectivity index (χ3v) is 5.74. The van der Waals surface area contributed by atoms with E-state index in [1.54, 1.807) is 29.2 Å². The molecule has 0 spiro atoms. The van der Waals surface area contributed by atoms with E-state index in [1.165, 1.54) is 26.2 Å². The van der Waals surface area contributed by atoms with Crippen LogP contribution in [0.3, 0.4) is 0 Å². The minimum absolute atomic E-state index is 0.245. The van der Waals surface area contributed by atoms with Crippen molar-refractivity contribution in [3.8, 4) is 11.1 Å². The summed E-state index contributed by atoms with van der Waals surface area (Å²) < 4.78 is 18.5. The maximum absolute atomic E-state index is 13.3. The number of anilines is 1. The predicted molar refractivity (Wildman–Crippen MR) is 112 cm³/mol. The summed E-state index contributed by atoms with van der Waals surface area (Å²) in [6, 6.07) is 11.9. The number of carbonyl (C=O) groups is 2. The van der Waals surface area contributed by atoms with Gasteiger partial charge in [0.15, 0.2) is 0 Å². The molecule has 1 amide bonds. The average Bonchev–Trinajstić information content (AvgIpc) is 2.75. The zero-order valence-electron chi connectivity index (χ0n) is 17.8. The smallest absolute Gasteiger partial charge is 0.332 e. The van der Waals surface area contributed by atoms with Gasteiger partial charge >= 0.3 is 5.97 Å². The fraction of sp³-hybridized carbons (Fsp3) is 0.391. The Morgan fingerprint density at radius 1 is 1.03 bits per heavy atom. The molecule has 0 N–H and O–H groups in total. The molecule has 6 nitrogen and oxygen atoms in total. The Morgan fingerprint density at radius 2 is 1.63 bits per heavy atom. The molecule has 0 atom stereocenters. The molecule has 1 saturated heterocycles. The Labute approximate surface area is 176 Å². The molecule has 3 rings (SSSR count). The zero-order valence-corrected chi connectivity index (χ0v) is 17.8. The fourth-order valence-electron chi connectivity index (χ4n) is 4.12. The molecule has 30 heavy (non-hydrogen) atoms. The van der Waals surface area contributed by atoms with Gasteiger partial charge in [0.25, 0.3) is 0 Å². The number of hydrogen-bond acceptors (Lipinski definition) is 5. The van der Waals surface area contributed by atoms with Gasteiger partial charge < -0.3 is 9.57 Å². The van der Waals surface area contributed by atoms with Crippen LogP contribution in [-0.2, 0) is 19.2 Å². The van der Waals surface area contributed by atoms with Crippen molar-refractivity contribution < 1.29 is 23.6 Å². The lowest BCUT2D eigenvalue weighted by atomic mass is 9.84. The number of hydroxylamine groups is 2. The number of piperidine rings is 1. The number of esters is 1. The van der Waals surface area contributed by atoms with Crippen molar-refractivity contribution in [1.82, 2.24) is 5.06 Å². The molecule has 7 heteroatoms. The van der Waals surface area contributed by atoms with Gasteiger partial charge in [0.1, 0.15) is 11.4 Å². The summed E-state index contributed by atoms with van der Waals surface area (Å²) in [6.45, 7) is 4.34. The van der Waals surface area contributed by atoms with Gasteiger partial charge in [0.05, 0.1) is 14.2 Å². The Hall–Kier alpha value is -2.77. The van der Waals surface area contributed by atoms with Gasteiger partial charge in [-0.25, -0.2) is 9.18 Å². The van der Waals surface area contributed by atoms with Crippen molar-refractivity contribution in [3.05, 3.63) is 53.8 Å². The van der Waals surface area contributed by atoms with E-state index in [0.29, 0.717) is 31.6 Å². The van der Waals surface area contributed by atoms with E-state index in [4.69, 9.17) is 9.57 Å². The molecule has 1 aliphatic rings. The summed E-state index contributed by atoms with van der Waals surface area (Å²) in [5, 5.41) is 1.77. The lowest BCUT2D eigenvalue weighted by molar-refractivity contribution is -0.168. The average molecular weight is 414 g/mol. The number of methoxy groups -OCH3 is 1. The number of hydrogen-bond donors (Lipinski definition) is 0. The minimum atomic E-state index is -1.12. The molecular formula is C23H27FN2O4. The van der Waals surface area contributed by atoms with Gasteiger partial charge in [-0.3, -0.25) is 9.69 Å². The Balaban J connectivity index is 2.10. The highest BCUT2D eigenvalue weighted by Crippen LogP contribution is 2.38. The Bertz CT molecular complexity index is 921. The van der Waals surface area contributed by atoms with E-state index in [2.05, 4.69) is 0 Å². The molecule has 0 aromatic heterocycles. The van der Waals surface area contributed by atoms with E-state index in [0.717, 1.165) is 16.7 Å². The van der Waals surface area contributed by atoms with Crippen LogP contribution in [0.2, 0.25) is 0 Å². The highest BCUT2D eigenvalue weighted by Gasteiger charge is 2.50. The molecule has 0 saturated carbocycles. The third kappa shape index (κ3) is 4.08. The van der Waals surface area contributed by atoms with Crippen molar-refractivity contribution in [2.24, 2.45) is 0 Å². The van der Waals surface area contributed by atoms with Crippen LogP contribution in [0.4, 0.5) is 10.1 Å². The SMILES string of the molecule is COC(=O)C1(N(C(C)=O)c2cc(-c3ccc(F)cc3)ccc2C)CCN(OC)CC1. The Kier molecular flexibility index (Phi) is 6.53.